The van der Waals surface area contributed by atoms with E-state index in [1.807, 2.05) is 0 Å². The zero-order valence-corrected chi connectivity index (χ0v) is 22.0. The number of allylic oxidation sites excluding steroid dienone is 1. The molecule has 2 aliphatic carbocycles. The fraction of sp³-hybridized carbons (Fsp3) is 0.467. The van der Waals surface area contributed by atoms with Gasteiger partial charge in [-0.1, -0.05) is 29.8 Å². The lowest BCUT2D eigenvalue weighted by atomic mass is 10.00. The molecule has 2 N–H and O–H groups in total. The number of hydrogen-bond donors (Lipinski definition) is 2. The fourth-order valence-electron chi connectivity index (χ4n) is 5.65. The summed E-state index contributed by atoms with van der Waals surface area (Å²) in [7, 11) is 1.76. The summed E-state index contributed by atoms with van der Waals surface area (Å²) < 4.78 is 5.48. The lowest BCUT2D eigenvalue weighted by Gasteiger charge is -2.30. The van der Waals surface area contributed by atoms with E-state index in [-0.39, 0.29) is 0 Å². The van der Waals surface area contributed by atoms with Crippen molar-refractivity contribution >= 4 is 29.3 Å². The van der Waals surface area contributed by atoms with E-state index in [0.717, 1.165) is 61.8 Å². The summed E-state index contributed by atoms with van der Waals surface area (Å²) in [6, 6.07) is 10.6. The van der Waals surface area contributed by atoms with Crippen molar-refractivity contribution in [2.24, 2.45) is 5.92 Å². The number of benzene rings is 1. The highest BCUT2D eigenvalue weighted by Gasteiger charge is 2.41. The molecule has 0 bridgehead atoms. The number of hydrogen-bond acceptors (Lipinski definition) is 6. The Kier molecular flexibility index (Phi) is 6.87. The van der Waals surface area contributed by atoms with Gasteiger partial charge in [-0.15, -0.1) is 0 Å². The SMILES string of the molecule is COCCN(CCc1c[nH]c2c1C=CC1CC21)c1nc(Nc2ccc(C)cc2)cc(N2CCCCC2)n1. The van der Waals surface area contributed by atoms with Gasteiger partial charge in [-0.25, -0.2) is 0 Å². The van der Waals surface area contributed by atoms with E-state index < -0.39 is 0 Å². The molecular weight excluding hydrogens is 460 g/mol. The largest absolute Gasteiger partial charge is 0.383 e. The first kappa shape index (κ1) is 24.0. The van der Waals surface area contributed by atoms with Gasteiger partial charge in [0.1, 0.15) is 11.6 Å². The number of aromatic nitrogens is 3. The van der Waals surface area contributed by atoms with E-state index in [9.17, 15) is 0 Å². The normalized spacial score (nSPS) is 19.9. The van der Waals surface area contributed by atoms with Gasteiger partial charge in [-0.05, 0) is 68.2 Å². The molecule has 1 aliphatic heterocycles. The number of H-pyrrole nitrogens is 1. The van der Waals surface area contributed by atoms with Gasteiger partial charge in [0.05, 0.1) is 6.61 Å². The molecule has 0 radical (unpaired) electrons. The summed E-state index contributed by atoms with van der Waals surface area (Å²) in [4.78, 5) is 18.4. The monoisotopic (exact) mass is 498 g/mol. The second-order valence-corrected chi connectivity index (χ2v) is 10.7. The lowest BCUT2D eigenvalue weighted by molar-refractivity contribution is 0.205. The van der Waals surface area contributed by atoms with Gasteiger partial charge in [-0.2, -0.15) is 9.97 Å². The molecule has 7 nitrogen and oxygen atoms in total. The van der Waals surface area contributed by atoms with E-state index >= 15 is 0 Å². The first-order valence-corrected chi connectivity index (χ1v) is 13.8. The van der Waals surface area contributed by atoms with Gasteiger partial charge in [0.2, 0.25) is 5.95 Å². The molecule has 37 heavy (non-hydrogen) atoms. The van der Waals surface area contributed by atoms with Crippen LogP contribution < -0.4 is 15.1 Å². The highest BCUT2D eigenvalue weighted by Crippen LogP contribution is 2.52. The number of anilines is 4. The predicted octanol–water partition coefficient (Wildman–Crippen LogP) is 5.67. The van der Waals surface area contributed by atoms with Crippen LogP contribution >= 0.6 is 0 Å². The predicted molar refractivity (Wildman–Crippen MR) is 151 cm³/mol. The van der Waals surface area contributed by atoms with Gasteiger partial charge < -0.3 is 24.8 Å². The minimum atomic E-state index is 0.632. The third kappa shape index (κ3) is 5.37. The number of nitrogens with one attached hydrogen (secondary N) is 2. The number of aromatic amines is 1. The summed E-state index contributed by atoms with van der Waals surface area (Å²) in [5, 5.41) is 3.53. The average molecular weight is 499 g/mol. The molecule has 2 aromatic heterocycles. The lowest BCUT2D eigenvalue weighted by Crippen LogP contribution is -2.34. The maximum atomic E-state index is 5.48. The molecule has 6 rings (SSSR count). The number of aryl methyl sites for hydroxylation is 1. The molecule has 3 aromatic rings. The molecule has 0 amide bonds. The maximum absolute atomic E-state index is 5.48. The van der Waals surface area contributed by atoms with Crippen LogP contribution in [-0.2, 0) is 11.2 Å². The molecule has 7 heteroatoms. The number of nitrogens with zero attached hydrogens (tertiary/aromatic N) is 4. The molecule has 2 unspecified atom stereocenters. The fourth-order valence-corrected chi connectivity index (χ4v) is 5.65. The molecule has 194 valence electrons. The maximum Gasteiger partial charge on any atom is 0.229 e. The summed E-state index contributed by atoms with van der Waals surface area (Å²) in [6.07, 6.45) is 12.9. The summed E-state index contributed by atoms with van der Waals surface area (Å²) in [5.74, 6) is 4.06. The molecule has 3 aliphatic rings. The Balaban J connectivity index is 1.27. The second-order valence-electron chi connectivity index (χ2n) is 10.7. The molecule has 1 saturated heterocycles. The Hall–Kier alpha value is -3.32. The quantitative estimate of drug-likeness (QED) is 0.375. The van der Waals surface area contributed by atoms with Gasteiger partial charge in [0.25, 0.3) is 0 Å². The summed E-state index contributed by atoms with van der Waals surface area (Å²) in [5.41, 5.74) is 6.48. The van der Waals surface area contributed by atoms with Gasteiger partial charge in [0, 0.05) is 62.9 Å². The zero-order valence-electron chi connectivity index (χ0n) is 22.0. The molecule has 1 aromatic carbocycles. The summed E-state index contributed by atoms with van der Waals surface area (Å²) >= 11 is 0. The highest BCUT2D eigenvalue weighted by atomic mass is 16.5. The van der Waals surface area contributed by atoms with Crippen LogP contribution in [0.2, 0.25) is 0 Å². The molecular formula is C30H38N6O. The Labute approximate surface area is 220 Å². The van der Waals surface area contributed by atoms with Crippen LogP contribution in [0.3, 0.4) is 0 Å². The van der Waals surface area contributed by atoms with Crippen LogP contribution in [-0.4, -0.2) is 54.8 Å². The smallest absolute Gasteiger partial charge is 0.229 e. The Bertz CT molecular complexity index is 1240. The van der Waals surface area contributed by atoms with E-state index in [1.54, 1.807) is 7.11 Å². The number of fused-ring (bicyclic) bond motifs is 3. The average Bonchev–Trinajstić information content (AvgIpc) is 3.62. The van der Waals surface area contributed by atoms with Crippen LogP contribution in [0.1, 0.15) is 54.0 Å². The molecule has 3 heterocycles. The number of piperidine rings is 1. The van der Waals surface area contributed by atoms with Crippen molar-refractivity contribution in [2.75, 3.05) is 55.0 Å². The Morgan fingerprint density at radius 1 is 1.11 bits per heavy atom. The first-order chi connectivity index (χ1) is 18.2. The molecule has 0 spiro atoms. The number of rotatable bonds is 10. The molecule has 1 saturated carbocycles. The van der Waals surface area contributed by atoms with E-state index in [4.69, 9.17) is 14.7 Å². The van der Waals surface area contributed by atoms with E-state index in [1.165, 1.54) is 48.1 Å². The van der Waals surface area contributed by atoms with Crippen molar-refractivity contribution in [1.29, 1.82) is 0 Å². The van der Waals surface area contributed by atoms with Crippen molar-refractivity contribution in [3.05, 3.63) is 65.0 Å². The van der Waals surface area contributed by atoms with Crippen LogP contribution in [0.4, 0.5) is 23.3 Å². The van der Waals surface area contributed by atoms with Crippen LogP contribution in [0.15, 0.2) is 42.6 Å². The van der Waals surface area contributed by atoms with Crippen molar-refractivity contribution in [3.8, 4) is 0 Å². The van der Waals surface area contributed by atoms with E-state index in [2.05, 4.69) is 75.7 Å². The molecule has 2 atom stereocenters. The number of methoxy groups -OCH3 is 1. The minimum Gasteiger partial charge on any atom is -0.383 e. The third-order valence-corrected chi connectivity index (χ3v) is 7.96. The number of ether oxygens (including phenoxy) is 1. The topological polar surface area (TPSA) is 69.3 Å². The van der Waals surface area contributed by atoms with Gasteiger partial charge in [-0.3, -0.25) is 0 Å². The highest BCUT2D eigenvalue weighted by molar-refractivity contribution is 5.64. The minimum absolute atomic E-state index is 0.632. The van der Waals surface area contributed by atoms with Crippen LogP contribution in [0.25, 0.3) is 6.08 Å². The van der Waals surface area contributed by atoms with Crippen molar-refractivity contribution in [2.45, 2.75) is 44.9 Å². The van der Waals surface area contributed by atoms with Crippen molar-refractivity contribution in [3.63, 3.8) is 0 Å². The van der Waals surface area contributed by atoms with Gasteiger partial charge in [0.15, 0.2) is 0 Å². The van der Waals surface area contributed by atoms with Crippen LogP contribution in [0.5, 0.6) is 0 Å². The zero-order chi connectivity index (χ0) is 25.2. The Morgan fingerprint density at radius 3 is 2.76 bits per heavy atom. The standard InChI is InChI=1S/C30H38N6O/c1-21-6-9-24(10-7-21)32-27-19-28(35-13-4-3-5-14-35)34-30(33-27)36(16-17-37-2)15-12-23-20-31-29-25(23)11-8-22-18-26(22)29/h6-11,19-20,22,26,31H,3-5,12-18H2,1-2H3,(H,32,33,34). The Morgan fingerprint density at radius 2 is 1.95 bits per heavy atom. The second kappa shape index (κ2) is 10.6. The van der Waals surface area contributed by atoms with Gasteiger partial charge >= 0.3 is 0 Å². The van der Waals surface area contributed by atoms with E-state index in [0.29, 0.717) is 12.5 Å². The molecule has 2 fully saturated rings. The summed E-state index contributed by atoms with van der Waals surface area (Å²) in [6.45, 7) is 6.41. The third-order valence-electron chi connectivity index (χ3n) is 7.96. The first-order valence-electron chi connectivity index (χ1n) is 13.8. The van der Waals surface area contributed by atoms with Crippen molar-refractivity contribution < 1.29 is 4.74 Å². The van der Waals surface area contributed by atoms with Crippen molar-refractivity contribution in [1.82, 2.24) is 15.0 Å². The van der Waals surface area contributed by atoms with Crippen LogP contribution in [0, 0.1) is 12.8 Å².